The second kappa shape index (κ2) is 6.11. The molecule has 0 aromatic carbocycles. The monoisotopic (exact) mass is 243 g/mol. The van der Waals surface area contributed by atoms with E-state index in [2.05, 4.69) is 10.4 Å². The van der Waals surface area contributed by atoms with E-state index in [0.29, 0.717) is 6.54 Å². The van der Waals surface area contributed by atoms with E-state index in [1.54, 1.807) is 4.68 Å². The molecule has 0 unspecified atom stereocenters. The van der Waals surface area contributed by atoms with Crippen LogP contribution in [0.2, 0.25) is 0 Å². The second-order valence-electron chi connectivity index (χ2n) is 4.21. The van der Waals surface area contributed by atoms with Crippen LogP contribution in [-0.2, 0) is 20.0 Å². The largest absolute Gasteiger partial charge is 0.394 e. The van der Waals surface area contributed by atoms with E-state index in [1.165, 1.54) is 0 Å². The normalized spacial score (nSPS) is 12.1. The van der Waals surface area contributed by atoms with Gasteiger partial charge in [-0.15, -0.1) is 0 Å². The average Bonchev–Trinajstić information content (AvgIpc) is 2.73. The highest BCUT2D eigenvalue weighted by Gasteiger charge is 2.27. The Morgan fingerprint density at radius 3 is 2.29 bits per heavy atom. The predicted molar refractivity (Wildman–Crippen MR) is 63.4 cm³/mol. The fourth-order valence-electron chi connectivity index (χ4n) is 1.51. The summed E-state index contributed by atoms with van der Waals surface area (Å²) in [5.41, 5.74) is 0.893. The Labute approximate surface area is 101 Å². The summed E-state index contributed by atoms with van der Waals surface area (Å²) in [6.45, 7) is 1.50. The highest BCUT2D eigenvalue weighted by molar-refractivity contribution is 5.10. The summed E-state index contributed by atoms with van der Waals surface area (Å²) in [5, 5.41) is 34.8. The Hall–Kier alpha value is -0.950. The van der Waals surface area contributed by atoms with Gasteiger partial charge in [-0.1, -0.05) is 6.92 Å². The SMILES string of the molecule is CCc1cc(CNC(CO)(CO)CO)n(C)n1. The molecule has 0 aliphatic carbocycles. The lowest BCUT2D eigenvalue weighted by molar-refractivity contribution is 0.0409. The lowest BCUT2D eigenvalue weighted by Crippen LogP contribution is -2.54. The van der Waals surface area contributed by atoms with Crippen molar-refractivity contribution in [2.24, 2.45) is 7.05 Å². The molecule has 1 aromatic rings. The number of aromatic nitrogens is 2. The molecule has 6 heteroatoms. The summed E-state index contributed by atoms with van der Waals surface area (Å²) in [4.78, 5) is 0. The Balaban J connectivity index is 2.68. The van der Waals surface area contributed by atoms with Gasteiger partial charge >= 0.3 is 0 Å². The Morgan fingerprint density at radius 1 is 1.29 bits per heavy atom. The van der Waals surface area contributed by atoms with E-state index in [0.717, 1.165) is 17.8 Å². The molecule has 98 valence electrons. The molecule has 0 bridgehead atoms. The topological polar surface area (TPSA) is 90.5 Å². The molecule has 0 aliphatic heterocycles. The average molecular weight is 243 g/mol. The van der Waals surface area contributed by atoms with Crippen molar-refractivity contribution in [3.63, 3.8) is 0 Å². The molecule has 0 radical (unpaired) electrons. The van der Waals surface area contributed by atoms with Gasteiger partial charge in [-0.2, -0.15) is 5.10 Å². The Morgan fingerprint density at radius 2 is 1.88 bits per heavy atom. The van der Waals surface area contributed by atoms with Gasteiger partial charge in [0.25, 0.3) is 0 Å². The minimum Gasteiger partial charge on any atom is -0.394 e. The lowest BCUT2D eigenvalue weighted by Gasteiger charge is -2.28. The van der Waals surface area contributed by atoms with E-state index in [9.17, 15) is 15.3 Å². The maximum Gasteiger partial charge on any atom is 0.0884 e. The van der Waals surface area contributed by atoms with Crippen LogP contribution in [0.1, 0.15) is 18.3 Å². The molecule has 0 aliphatic rings. The summed E-state index contributed by atoms with van der Waals surface area (Å²) in [6.07, 6.45) is 0.860. The van der Waals surface area contributed by atoms with Crippen LogP contribution in [0.5, 0.6) is 0 Å². The van der Waals surface area contributed by atoms with Crippen LogP contribution < -0.4 is 5.32 Å². The minimum atomic E-state index is -1.04. The molecule has 6 nitrogen and oxygen atoms in total. The van der Waals surface area contributed by atoms with Gasteiger partial charge in [0.1, 0.15) is 0 Å². The quantitative estimate of drug-likeness (QED) is 0.482. The highest BCUT2D eigenvalue weighted by atomic mass is 16.3. The van der Waals surface area contributed by atoms with Crippen molar-refractivity contribution in [3.05, 3.63) is 17.5 Å². The zero-order valence-corrected chi connectivity index (χ0v) is 10.3. The van der Waals surface area contributed by atoms with Gasteiger partial charge < -0.3 is 15.3 Å². The summed E-state index contributed by atoms with van der Waals surface area (Å²) in [5.74, 6) is 0. The van der Waals surface area contributed by atoms with Crippen molar-refractivity contribution in [1.82, 2.24) is 15.1 Å². The zero-order valence-electron chi connectivity index (χ0n) is 10.3. The van der Waals surface area contributed by atoms with Crippen molar-refractivity contribution < 1.29 is 15.3 Å². The van der Waals surface area contributed by atoms with Crippen molar-refractivity contribution in [2.75, 3.05) is 19.8 Å². The standard InChI is InChI=1S/C11H21N3O3/c1-3-9-4-10(14(2)13-9)5-12-11(6-15,7-16)8-17/h4,12,15-17H,3,5-8H2,1-2H3. The van der Waals surface area contributed by atoms with Crippen LogP contribution in [0.4, 0.5) is 0 Å². The number of rotatable bonds is 7. The number of hydrogen-bond acceptors (Lipinski definition) is 5. The van der Waals surface area contributed by atoms with Crippen molar-refractivity contribution in [3.8, 4) is 0 Å². The van der Waals surface area contributed by atoms with Gasteiger partial charge in [-0.25, -0.2) is 0 Å². The van der Waals surface area contributed by atoms with Crippen molar-refractivity contribution >= 4 is 0 Å². The summed E-state index contributed by atoms with van der Waals surface area (Å²) in [7, 11) is 1.84. The molecule has 4 N–H and O–H groups in total. The summed E-state index contributed by atoms with van der Waals surface area (Å²) in [6, 6.07) is 1.96. The van der Waals surface area contributed by atoms with E-state index in [4.69, 9.17) is 0 Å². The molecular formula is C11H21N3O3. The Bertz CT molecular complexity index is 339. The fraction of sp³-hybridized carbons (Fsp3) is 0.727. The summed E-state index contributed by atoms with van der Waals surface area (Å²) < 4.78 is 1.75. The van der Waals surface area contributed by atoms with Gasteiger partial charge in [0.2, 0.25) is 0 Å². The summed E-state index contributed by atoms with van der Waals surface area (Å²) >= 11 is 0. The van der Waals surface area contributed by atoms with Gasteiger partial charge in [0.15, 0.2) is 0 Å². The fourth-order valence-corrected chi connectivity index (χ4v) is 1.51. The van der Waals surface area contributed by atoms with E-state index in [1.807, 2.05) is 20.0 Å². The first-order chi connectivity index (χ1) is 8.10. The second-order valence-corrected chi connectivity index (χ2v) is 4.21. The number of aryl methyl sites for hydroxylation is 2. The molecule has 0 saturated heterocycles. The van der Waals surface area contributed by atoms with E-state index in [-0.39, 0.29) is 19.8 Å². The molecule has 1 heterocycles. The van der Waals surface area contributed by atoms with Crippen LogP contribution in [0.3, 0.4) is 0 Å². The lowest BCUT2D eigenvalue weighted by atomic mass is 10.0. The number of hydrogen-bond donors (Lipinski definition) is 4. The molecule has 1 aromatic heterocycles. The molecule has 0 amide bonds. The molecule has 0 atom stereocenters. The van der Waals surface area contributed by atoms with Gasteiger partial charge in [-0.05, 0) is 12.5 Å². The number of aliphatic hydroxyl groups is 3. The zero-order chi connectivity index (χ0) is 12.9. The third kappa shape index (κ3) is 3.26. The van der Waals surface area contributed by atoms with Gasteiger partial charge in [0.05, 0.1) is 36.7 Å². The van der Waals surface area contributed by atoms with Crippen LogP contribution in [0.25, 0.3) is 0 Å². The third-order valence-electron chi connectivity index (χ3n) is 2.94. The van der Waals surface area contributed by atoms with Crippen LogP contribution >= 0.6 is 0 Å². The first-order valence-electron chi connectivity index (χ1n) is 5.70. The predicted octanol–water partition coefficient (Wildman–Crippen LogP) is -1.21. The number of aliphatic hydroxyl groups excluding tert-OH is 3. The number of nitrogens with one attached hydrogen (secondary N) is 1. The molecule has 0 saturated carbocycles. The molecule has 17 heavy (non-hydrogen) atoms. The number of nitrogens with zero attached hydrogens (tertiary/aromatic N) is 2. The first-order valence-corrected chi connectivity index (χ1v) is 5.70. The van der Waals surface area contributed by atoms with E-state index >= 15 is 0 Å². The molecule has 0 spiro atoms. The minimum absolute atomic E-state index is 0.321. The van der Waals surface area contributed by atoms with Crippen LogP contribution in [0.15, 0.2) is 6.07 Å². The van der Waals surface area contributed by atoms with Crippen LogP contribution in [-0.4, -0.2) is 50.5 Å². The van der Waals surface area contributed by atoms with E-state index < -0.39 is 5.54 Å². The Kier molecular flexibility index (Phi) is 5.07. The molecular weight excluding hydrogens is 222 g/mol. The molecule has 1 rings (SSSR count). The maximum atomic E-state index is 9.17. The third-order valence-corrected chi connectivity index (χ3v) is 2.94. The molecule has 0 fully saturated rings. The highest BCUT2D eigenvalue weighted by Crippen LogP contribution is 2.07. The smallest absolute Gasteiger partial charge is 0.0884 e. The van der Waals surface area contributed by atoms with Gasteiger partial charge in [0, 0.05) is 13.6 Å². The van der Waals surface area contributed by atoms with Crippen LogP contribution in [0, 0.1) is 0 Å². The first kappa shape index (κ1) is 14.1. The van der Waals surface area contributed by atoms with Crippen molar-refractivity contribution in [1.29, 1.82) is 0 Å². The maximum absolute atomic E-state index is 9.17. The van der Waals surface area contributed by atoms with Crippen molar-refractivity contribution in [2.45, 2.75) is 25.4 Å². The van der Waals surface area contributed by atoms with Gasteiger partial charge in [-0.3, -0.25) is 10.00 Å².